The van der Waals surface area contributed by atoms with Gasteiger partial charge in [-0.15, -0.1) is 0 Å². The maximum absolute atomic E-state index is 11.0. The minimum absolute atomic E-state index is 0.0565. The number of aryl methyl sites for hydroxylation is 1. The molecule has 2 rings (SSSR count). The van der Waals surface area contributed by atoms with Crippen LogP contribution in [-0.2, 0) is 6.54 Å². The van der Waals surface area contributed by atoms with Crippen LogP contribution in [0.1, 0.15) is 11.3 Å². The molecule has 0 aliphatic carbocycles. The van der Waals surface area contributed by atoms with Gasteiger partial charge in [0, 0.05) is 22.1 Å². The summed E-state index contributed by atoms with van der Waals surface area (Å²) in [6.07, 6.45) is 0. The third-order valence-corrected chi connectivity index (χ3v) is 2.93. The lowest BCUT2D eigenvalue weighted by Crippen LogP contribution is -1.95. The SMILES string of the molecule is COc1ccc(-c2noc(C)c2CN=[N+]=[N-])cc1[N+](=O)[O-]. The molecule has 108 valence electrons. The Hall–Kier alpha value is -3.06. The van der Waals surface area contributed by atoms with E-state index in [0.29, 0.717) is 22.6 Å². The number of hydrogen-bond donors (Lipinski definition) is 0. The van der Waals surface area contributed by atoms with Crippen molar-refractivity contribution < 1.29 is 14.2 Å². The second-order valence-corrected chi connectivity index (χ2v) is 4.10. The predicted octanol–water partition coefficient (Wildman–Crippen LogP) is 3.38. The van der Waals surface area contributed by atoms with Gasteiger partial charge in [-0.25, -0.2) is 0 Å². The zero-order valence-electron chi connectivity index (χ0n) is 11.3. The van der Waals surface area contributed by atoms with Crippen LogP contribution in [0.3, 0.4) is 0 Å². The smallest absolute Gasteiger partial charge is 0.311 e. The predicted molar refractivity (Wildman–Crippen MR) is 72.7 cm³/mol. The molecule has 2 aromatic rings. The number of hydrogen-bond acceptors (Lipinski definition) is 6. The molecule has 1 aromatic carbocycles. The van der Waals surface area contributed by atoms with Crippen molar-refractivity contribution in [2.45, 2.75) is 13.5 Å². The lowest BCUT2D eigenvalue weighted by atomic mass is 10.1. The van der Waals surface area contributed by atoms with Crippen LogP contribution in [0, 0.1) is 17.0 Å². The molecule has 0 aliphatic heterocycles. The topological polar surface area (TPSA) is 127 Å². The molecule has 0 unspecified atom stereocenters. The van der Waals surface area contributed by atoms with Crippen molar-refractivity contribution in [3.8, 4) is 17.0 Å². The first kappa shape index (κ1) is 14.4. The van der Waals surface area contributed by atoms with Gasteiger partial charge in [0.05, 0.1) is 18.6 Å². The zero-order chi connectivity index (χ0) is 15.4. The van der Waals surface area contributed by atoms with Crippen molar-refractivity contribution in [3.05, 3.63) is 50.1 Å². The van der Waals surface area contributed by atoms with E-state index in [2.05, 4.69) is 15.2 Å². The Balaban J connectivity index is 2.54. The number of methoxy groups -OCH3 is 1. The second kappa shape index (κ2) is 5.93. The van der Waals surface area contributed by atoms with Gasteiger partial charge in [0.25, 0.3) is 0 Å². The third-order valence-electron chi connectivity index (χ3n) is 2.93. The van der Waals surface area contributed by atoms with Crippen LogP contribution in [0.2, 0.25) is 0 Å². The highest BCUT2D eigenvalue weighted by Crippen LogP contribution is 2.34. The molecule has 0 amide bonds. The summed E-state index contributed by atoms with van der Waals surface area (Å²) in [6, 6.07) is 4.45. The van der Waals surface area contributed by atoms with Gasteiger partial charge in [-0.2, -0.15) is 0 Å². The first-order valence-electron chi connectivity index (χ1n) is 5.87. The summed E-state index contributed by atoms with van der Waals surface area (Å²) >= 11 is 0. The molecule has 0 aliphatic rings. The molecule has 0 bridgehead atoms. The van der Waals surface area contributed by atoms with Crippen LogP contribution in [0.15, 0.2) is 27.8 Å². The first-order chi connectivity index (χ1) is 10.1. The molecular formula is C12H11N5O4. The van der Waals surface area contributed by atoms with Crippen LogP contribution in [0.5, 0.6) is 5.75 Å². The van der Waals surface area contributed by atoms with Crippen LogP contribution < -0.4 is 4.74 Å². The van der Waals surface area contributed by atoms with Crippen molar-refractivity contribution in [3.63, 3.8) is 0 Å². The average Bonchev–Trinajstić information content (AvgIpc) is 2.85. The maximum Gasteiger partial charge on any atom is 0.311 e. The summed E-state index contributed by atoms with van der Waals surface area (Å²) in [4.78, 5) is 13.2. The van der Waals surface area contributed by atoms with Gasteiger partial charge >= 0.3 is 5.69 Å². The van der Waals surface area contributed by atoms with Gasteiger partial charge in [-0.05, 0) is 24.6 Å². The summed E-state index contributed by atoms with van der Waals surface area (Å²) in [7, 11) is 1.36. The molecule has 0 radical (unpaired) electrons. The Bertz CT molecular complexity index is 733. The summed E-state index contributed by atoms with van der Waals surface area (Å²) in [5.74, 6) is 0.649. The Morgan fingerprint density at radius 3 is 2.95 bits per heavy atom. The van der Waals surface area contributed by atoms with Crippen molar-refractivity contribution in [2.24, 2.45) is 5.11 Å². The van der Waals surface area contributed by atoms with Gasteiger partial charge in [0.1, 0.15) is 11.5 Å². The molecule has 0 N–H and O–H groups in total. The van der Waals surface area contributed by atoms with E-state index in [1.54, 1.807) is 13.0 Å². The summed E-state index contributed by atoms with van der Waals surface area (Å²) in [5, 5.41) is 18.4. The molecule has 1 aromatic heterocycles. The van der Waals surface area contributed by atoms with Crippen LogP contribution in [0.4, 0.5) is 5.69 Å². The van der Waals surface area contributed by atoms with E-state index in [0.717, 1.165) is 0 Å². The zero-order valence-corrected chi connectivity index (χ0v) is 11.3. The number of aromatic nitrogens is 1. The highest BCUT2D eigenvalue weighted by molar-refractivity contribution is 5.68. The van der Waals surface area contributed by atoms with Crippen molar-refractivity contribution >= 4 is 5.69 Å². The monoisotopic (exact) mass is 289 g/mol. The number of nitro groups is 1. The largest absolute Gasteiger partial charge is 0.490 e. The van der Waals surface area contributed by atoms with Crippen LogP contribution >= 0.6 is 0 Å². The fraction of sp³-hybridized carbons (Fsp3) is 0.250. The molecule has 0 saturated heterocycles. The lowest BCUT2D eigenvalue weighted by molar-refractivity contribution is -0.385. The average molecular weight is 289 g/mol. The molecule has 0 fully saturated rings. The van der Waals surface area contributed by atoms with Gasteiger partial charge < -0.3 is 9.26 Å². The van der Waals surface area contributed by atoms with Gasteiger partial charge in [0.2, 0.25) is 0 Å². The molecular weight excluding hydrogens is 278 g/mol. The van der Waals surface area contributed by atoms with E-state index in [1.807, 2.05) is 0 Å². The summed E-state index contributed by atoms with van der Waals surface area (Å²) < 4.78 is 10.0. The highest BCUT2D eigenvalue weighted by Gasteiger charge is 2.20. The quantitative estimate of drug-likeness (QED) is 0.274. The van der Waals surface area contributed by atoms with Gasteiger partial charge in [-0.3, -0.25) is 10.1 Å². The molecule has 0 atom stereocenters. The molecule has 0 spiro atoms. The van der Waals surface area contributed by atoms with E-state index in [1.165, 1.54) is 19.2 Å². The van der Waals surface area contributed by atoms with Crippen LogP contribution in [-0.4, -0.2) is 17.2 Å². The normalized spacial score (nSPS) is 10.0. The lowest BCUT2D eigenvalue weighted by Gasteiger charge is -2.04. The Kier molecular flexibility index (Phi) is 4.05. The number of nitrogens with zero attached hydrogens (tertiary/aromatic N) is 5. The number of benzene rings is 1. The second-order valence-electron chi connectivity index (χ2n) is 4.10. The first-order valence-corrected chi connectivity index (χ1v) is 5.87. The van der Waals surface area contributed by atoms with Gasteiger partial charge in [-0.1, -0.05) is 10.3 Å². The molecule has 9 heteroatoms. The molecule has 1 heterocycles. The van der Waals surface area contributed by atoms with E-state index in [4.69, 9.17) is 14.8 Å². The van der Waals surface area contributed by atoms with Gasteiger partial charge in [0.15, 0.2) is 5.75 Å². The van der Waals surface area contributed by atoms with Crippen LogP contribution in [0.25, 0.3) is 21.7 Å². The van der Waals surface area contributed by atoms with E-state index in [-0.39, 0.29) is 18.0 Å². The van der Waals surface area contributed by atoms with Crippen molar-refractivity contribution in [1.82, 2.24) is 5.16 Å². The van der Waals surface area contributed by atoms with Crippen molar-refractivity contribution in [1.29, 1.82) is 0 Å². The molecule has 9 nitrogen and oxygen atoms in total. The Morgan fingerprint density at radius 2 is 2.33 bits per heavy atom. The number of azide groups is 1. The molecule has 21 heavy (non-hydrogen) atoms. The summed E-state index contributed by atoms with van der Waals surface area (Å²) in [5.41, 5.74) is 9.72. The van der Waals surface area contributed by atoms with Crippen molar-refractivity contribution in [2.75, 3.05) is 7.11 Å². The number of rotatable bonds is 5. The van der Waals surface area contributed by atoms with E-state index >= 15 is 0 Å². The minimum Gasteiger partial charge on any atom is -0.490 e. The third kappa shape index (κ3) is 2.77. The summed E-state index contributed by atoms with van der Waals surface area (Å²) in [6.45, 7) is 1.73. The van der Waals surface area contributed by atoms with E-state index < -0.39 is 4.92 Å². The Morgan fingerprint density at radius 1 is 1.57 bits per heavy atom. The fourth-order valence-electron chi connectivity index (χ4n) is 1.89. The standard InChI is InChI=1S/C12H11N5O4/c1-7-9(6-14-16-13)12(15-21-7)8-3-4-11(20-2)10(5-8)17(18)19/h3-5H,6H2,1-2H3. The van der Waals surface area contributed by atoms with E-state index in [9.17, 15) is 10.1 Å². The minimum atomic E-state index is -0.539. The number of ether oxygens (including phenoxy) is 1. The molecule has 0 saturated carbocycles. The fourth-order valence-corrected chi connectivity index (χ4v) is 1.89. The highest BCUT2D eigenvalue weighted by atomic mass is 16.6. The maximum atomic E-state index is 11.0. The number of nitro benzene ring substituents is 1. The Labute approximate surface area is 118 Å².